The summed E-state index contributed by atoms with van der Waals surface area (Å²) < 4.78 is 0. The molecule has 1 atom stereocenters. The van der Waals surface area contributed by atoms with Gasteiger partial charge in [0.2, 0.25) is 0 Å². The maximum absolute atomic E-state index is 2.46. The lowest BCUT2D eigenvalue weighted by atomic mass is 9.74. The summed E-state index contributed by atoms with van der Waals surface area (Å²) in [4.78, 5) is 1.50. The first kappa shape index (κ1) is 14.7. The Morgan fingerprint density at radius 2 is 1.76 bits per heavy atom. The standard InChI is InChI=1S/C20H24S/c1-20(2,3)18-11-12-21-19-10-9-16(14-17(18)19)13-15-7-5-4-6-8-15/h4-10,14,18H,11-13H2,1-3H3. The topological polar surface area (TPSA) is 0 Å². The SMILES string of the molecule is CC(C)(C)C1CCSc2ccc(Cc3ccccc3)cc21. The van der Waals surface area contributed by atoms with Crippen LogP contribution in [-0.4, -0.2) is 5.75 Å². The summed E-state index contributed by atoms with van der Waals surface area (Å²) in [5.74, 6) is 1.94. The lowest BCUT2D eigenvalue weighted by Crippen LogP contribution is -2.22. The van der Waals surface area contributed by atoms with Crippen molar-refractivity contribution in [3.63, 3.8) is 0 Å². The first-order valence-electron chi connectivity index (χ1n) is 7.83. The van der Waals surface area contributed by atoms with Crippen LogP contribution in [0, 0.1) is 5.41 Å². The van der Waals surface area contributed by atoms with Crippen molar-refractivity contribution < 1.29 is 0 Å². The molecule has 1 heteroatoms. The van der Waals surface area contributed by atoms with Crippen LogP contribution in [0.2, 0.25) is 0 Å². The predicted molar refractivity (Wildman–Crippen MR) is 93.2 cm³/mol. The molecule has 0 saturated carbocycles. The van der Waals surface area contributed by atoms with Crippen LogP contribution >= 0.6 is 11.8 Å². The van der Waals surface area contributed by atoms with Gasteiger partial charge in [0.1, 0.15) is 0 Å². The fraction of sp³-hybridized carbons (Fsp3) is 0.400. The molecule has 0 saturated heterocycles. The second kappa shape index (κ2) is 5.88. The molecule has 0 amide bonds. The Balaban J connectivity index is 1.92. The molecule has 1 heterocycles. The van der Waals surface area contributed by atoms with Gasteiger partial charge >= 0.3 is 0 Å². The second-order valence-electron chi connectivity index (χ2n) is 7.09. The van der Waals surface area contributed by atoms with Gasteiger partial charge in [-0.3, -0.25) is 0 Å². The van der Waals surface area contributed by atoms with E-state index in [9.17, 15) is 0 Å². The highest BCUT2D eigenvalue weighted by Crippen LogP contribution is 2.46. The molecule has 0 aromatic heterocycles. The zero-order chi connectivity index (χ0) is 14.9. The van der Waals surface area contributed by atoms with Crippen LogP contribution in [0.5, 0.6) is 0 Å². The van der Waals surface area contributed by atoms with E-state index in [4.69, 9.17) is 0 Å². The Bertz CT molecular complexity index is 607. The number of thioether (sulfide) groups is 1. The van der Waals surface area contributed by atoms with Gasteiger partial charge in [0.05, 0.1) is 0 Å². The van der Waals surface area contributed by atoms with Crippen molar-refractivity contribution in [1.82, 2.24) is 0 Å². The summed E-state index contributed by atoms with van der Waals surface area (Å²) in [6, 6.07) is 17.9. The molecule has 110 valence electrons. The van der Waals surface area contributed by atoms with E-state index in [1.807, 2.05) is 11.8 Å². The Kier molecular flexibility index (Phi) is 4.12. The Hall–Kier alpha value is -1.21. The van der Waals surface area contributed by atoms with E-state index in [0.717, 1.165) is 6.42 Å². The summed E-state index contributed by atoms with van der Waals surface area (Å²) in [7, 11) is 0. The molecule has 0 N–H and O–H groups in total. The van der Waals surface area contributed by atoms with Crippen molar-refractivity contribution in [3.05, 3.63) is 65.2 Å². The highest BCUT2D eigenvalue weighted by molar-refractivity contribution is 7.99. The zero-order valence-electron chi connectivity index (χ0n) is 13.2. The molecule has 0 aliphatic carbocycles. The van der Waals surface area contributed by atoms with E-state index in [0.29, 0.717) is 11.3 Å². The molecule has 0 nitrogen and oxygen atoms in total. The average Bonchev–Trinajstić information content (AvgIpc) is 2.46. The summed E-state index contributed by atoms with van der Waals surface area (Å²) in [5, 5.41) is 0. The summed E-state index contributed by atoms with van der Waals surface area (Å²) in [6.45, 7) is 7.13. The van der Waals surface area contributed by atoms with E-state index < -0.39 is 0 Å². The van der Waals surface area contributed by atoms with Gasteiger partial charge < -0.3 is 0 Å². The van der Waals surface area contributed by atoms with Gasteiger partial charge in [0.15, 0.2) is 0 Å². The van der Waals surface area contributed by atoms with E-state index in [2.05, 4.69) is 69.3 Å². The normalized spacial score (nSPS) is 18.3. The Morgan fingerprint density at radius 3 is 2.48 bits per heavy atom. The minimum absolute atomic E-state index is 0.348. The molecule has 0 fully saturated rings. The molecule has 0 radical (unpaired) electrons. The van der Waals surface area contributed by atoms with Crippen LogP contribution < -0.4 is 0 Å². The molecule has 0 spiro atoms. The molecule has 1 aliphatic rings. The number of hydrogen-bond donors (Lipinski definition) is 0. The fourth-order valence-corrected chi connectivity index (χ4v) is 4.39. The number of rotatable bonds is 2. The van der Waals surface area contributed by atoms with E-state index in [1.165, 1.54) is 28.2 Å². The molecule has 21 heavy (non-hydrogen) atoms. The van der Waals surface area contributed by atoms with Crippen molar-refractivity contribution in [1.29, 1.82) is 0 Å². The lowest BCUT2D eigenvalue weighted by molar-refractivity contribution is 0.308. The van der Waals surface area contributed by atoms with Gasteiger partial charge in [-0.25, -0.2) is 0 Å². The minimum Gasteiger partial charge on any atom is -0.126 e. The van der Waals surface area contributed by atoms with E-state index in [-0.39, 0.29) is 0 Å². The fourth-order valence-electron chi connectivity index (χ4n) is 3.28. The summed E-state index contributed by atoms with van der Waals surface area (Å²) in [5.41, 5.74) is 4.76. The third-order valence-electron chi connectivity index (χ3n) is 4.41. The maximum atomic E-state index is 2.46. The maximum Gasteiger partial charge on any atom is 0.0107 e. The summed E-state index contributed by atoms with van der Waals surface area (Å²) in [6.07, 6.45) is 2.34. The average molecular weight is 296 g/mol. The van der Waals surface area contributed by atoms with Gasteiger partial charge in [-0.2, -0.15) is 0 Å². The third kappa shape index (κ3) is 3.35. The van der Waals surface area contributed by atoms with Crippen LogP contribution in [-0.2, 0) is 6.42 Å². The number of benzene rings is 2. The van der Waals surface area contributed by atoms with Crippen molar-refractivity contribution >= 4 is 11.8 Å². The van der Waals surface area contributed by atoms with Gasteiger partial charge in [-0.1, -0.05) is 63.2 Å². The molecule has 3 rings (SSSR count). The van der Waals surface area contributed by atoms with Crippen LogP contribution in [0.3, 0.4) is 0 Å². The second-order valence-corrected chi connectivity index (χ2v) is 8.23. The molecule has 2 aromatic carbocycles. The first-order chi connectivity index (χ1) is 10.0. The van der Waals surface area contributed by atoms with Gasteiger partial charge in [-0.15, -0.1) is 11.8 Å². The van der Waals surface area contributed by atoms with Crippen LogP contribution in [0.15, 0.2) is 53.4 Å². The van der Waals surface area contributed by atoms with E-state index in [1.54, 1.807) is 5.56 Å². The number of fused-ring (bicyclic) bond motifs is 1. The van der Waals surface area contributed by atoms with Crippen molar-refractivity contribution in [2.24, 2.45) is 5.41 Å². The highest BCUT2D eigenvalue weighted by Gasteiger charge is 2.30. The quantitative estimate of drug-likeness (QED) is 0.664. The van der Waals surface area contributed by atoms with Crippen molar-refractivity contribution in [2.75, 3.05) is 5.75 Å². The van der Waals surface area contributed by atoms with Crippen LogP contribution in [0.4, 0.5) is 0 Å². The first-order valence-corrected chi connectivity index (χ1v) is 8.82. The highest BCUT2D eigenvalue weighted by atomic mass is 32.2. The molecule has 1 unspecified atom stereocenters. The van der Waals surface area contributed by atoms with Gasteiger partial charge in [-0.05, 0) is 52.7 Å². The van der Waals surface area contributed by atoms with Crippen LogP contribution in [0.25, 0.3) is 0 Å². The predicted octanol–water partition coefficient (Wildman–Crippen LogP) is 5.90. The molecule has 2 aromatic rings. The van der Waals surface area contributed by atoms with Gasteiger partial charge in [0.25, 0.3) is 0 Å². The number of hydrogen-bond acceptors (Lipinski definition) is 1. The largest absolute Gasteiger partial charge is 0.126 e. The van der Waals surface area contributed by atoms with Crippen molar-refractivity contribution in [3.8, 4) is 0 Å². The summed E-state index contributed by atoms with van der Waals surface area (Å²) >= 11 is 2.02. The third-order valence-corrected chi connectivity index (χ3v) is 5.53. The van der Waals surface area contributed by atoms with Crippen LogP contribution in [0.1, 0.15) is 49.8 Å². The molecule has 1 aliphatic heterocycles. The minimum atomic E-state index is 0.348. The monoisotopic (exact) mass is 296 g/mol. The Morgan fingerprint density at radius 1 is 1.00 bits per heavy atom. The molecular formula is C20H24S. The zero-order valence-corrected chi connectivity index (χ0v) is 14.0. The lowest BCUT2D eigenvalue weighted by Gasteiger charge is -2.35. The van der Waals surface area contributed by atoms with Gasteiger partial charge in [0, 0.05) is 4.90 Å². The van der Waals surface area contributed by atoms with E-state index >= 15 is 0 Å². The van der Waals surface area contributed by atoms with Crippen molar-refractivity contribution in [2.45, 2.75) is 44.4 Å². The molecule has 0 bridgehead atoms. The smallest absolute Gasteiger partial charge is 0.0107 e. The Labute approximate surface area is 133 Å². The molecular weight excluding hydrogens is 272 g/mol.